The van der Waals surface area contributed by atoms with Crippen LogP contribution in [0.4, 0.5) is 0 Å². The number of nitrogens with zero attached hydrogens (tertiary/aromatic N) is 1. The highest BCUT2D eigenvalue weighted by atomic mass is 32.2. The fourth-order valence-electron chi connectivity index (χ4n) is 11.8. The lowest BCUT2D eigenvalue weighted by Crippen LogP contribution is -3.12. The number of hydrogen-bond donors (Lipinski definition) is 2. The molecule has 0 rings (SSSR count). The molecule has 0 aliphatic rings. The van der Waals surface area contributed by atoms with Crippen LogP contribution in [0, 0.1) is 0 Å². The minimum atomic E-state index is -3.92. The van der Waals surface area contributed by atoms with Crippen LogP contribution in [0.5, 0.6) is 0 Å². The molecule has 0 heterocycles. The van der Waals surface area contributed by atoms with Crippen LogP contribution < -0.4 is 4.90 Å². The topological polar surface area (TPSA) is 119 Å². The summed E-state index contributed by atoms with van der Waals surface area (Å²) in [4.78, 5) is 4.79. The number of hydrogen-bond acceptors (Lipinski definition) is 6. The van der Waals surface area contributed by atoms with Crippen LogP contribution >= 0.6 is 0 Å². The maximum Gasteiger partial charge on any atom is 0.261 e. The summed E-state index contributed by atoms with van der Waals surface area (Å²) in [6, 6.07) is 0. The lowest BCUT2D eigenvalue weighted by atomic mass is 10.1. The third-order valence-corrected chi connectivity index (χ3v) is 17.1. The minimum absolute atomic E-state index is 0.604. The van der Waals surface area contributed by atoms with E-state index in [0.29, 0.717) is 12.5 Å². The van der Waals surface area contributed by atoms with Crippen LogP contribution in [0.1, 0.15) is 427 Å². The fourth-order valence-corrected chi connectivity index (χ4v) is 11.8. The van der Waals surface area contributed by atoms with E-state index < -0.39 is 20.2 Å². The maximum absolute atomic E-state index is 9.19. The molecule has 8 nitrogen and oxygen atoms in total. The molecule has 0 unspecified atom stereocenters. The van der Waals surface area contributed by atoms with E-state index in [1.165, 1.54) is 425 Å². The highest BCUT2D eigenvalue weighted by Crippen LogP contribution is 2.17. The van der Waals surface area contributed by atoms with Gasteiger partial charge in [0.25, 0.3) is 10.1 Å². The van der Waals surface area contributed by atoms with Crippen molar-refractivity contribution in [1.82, 2.24) is 4.90 Å². The van der Waals surface area contributed by atoms with E-state index >= 15 is 0 Å². The van der Waals surface area contributed by atoms with Gasteiger partial charge in [0.15, 0.2) is 0 Å². The standard InChI is InChI=1S/2C36H75N.2CH4O3S/c2*1-4-7-10-13-16-19-22-25-28-31-34-37(35-32-29-26-23-20-17-14-11-8-5-2)36-33-30-27-24-21-18-15-12-9-6-3;2*1-5(2,3)4/h2*4-36H2,1-3H3;2*1H3,(H,2,3,4). The van der Waals surface area contributed by atoms with Crippen LogP contribution in [0.3, 0.4) is 0 Å². The van der Waals surface area contributed by atoms with Crippen LogP contribution in [-0.2, 0) is 20.2 Å². The van der Waals surface area contributed by atoms with E-state index in [1.807, 2.05) is 4.90 Å². The van der Waals surface area contributed by atoms with Crippen molar-refractivity contribution in [1.29, 1.82) is 0 Å². The van der Waals surface area contributed by atoms with Crippen LogP contribution in [0.15, 0.2) is 0 Å². The number of quaternary nitrogens is 1. The zero-order valence-corrected chi connectivity index (χ0v) is 60.6. The average Bonchev–Trinajstić information content (AvgIpc) is 3.45. The lowest BCUT2D eigenvalue weighted by Gasteiger charge is -2.22. The predicted octanol–water partition coefficient (Wildman–Crippen LogP) is 23.4. The first-order valence-corrected chi connectivity index (χ1v) is 41.7. The lowest BCUT2D eigenvalue weighted by molar-refractivity contribution is -0.900. The fraction of sp³-hybridized carbons (Fsp3) is 1.00. The molecule has 512 valence electrons. The summed E-state index contributed by atoms with van der Waals surface area (Å²) >= 11 is 0. The predicted molar refractivity (Wildman–Crippen MR) is 376 cm³/mol. The summed E-state index contributed by atoms with van der Waals surface area (Å²) in [5, 5.41) is 0. The van der Waals surface area contributed by atoms with Crippen molar-refractivity contribution < 1.29 is 30.8 Å². The second-order valence-electron chi connectivity index (χ2n) is 26.4. The van der Waals surface area contributed by atoms with Crippen molar-refractivity contribution in [3.63, 3.8) is 0 Å². The van der Waals surface area contributed by atoms with Gasteiger partial charge in [-0.2, -0.15) is 8.42 Å². The second-order valence-corrected chi connectivity index (χ2v) is 29.2. The Labute approximate surface area is 531 Å². The Balaban J connectivity index is -0.000000653. The van der Waals surface area contributed by atoms with E-state index in [0.717, 1.165) is 0 Å². The monoisotopic (exact) mass is 1240 g/mol. The zero-order valence-electron chi connectivity index (χ0n) is 58.9. The SMILES string of the molecule is CCCCCCCCCCCCN(CCCCCCCCCCCC)CCCCCCCCCCCC.CCCCCCCCCCCC[NH+](CCCCCCCCCCCC)CCCCCCCCCCCC.CS(=O)(=O)O.CS(=O)(=O)[O-]. The van der Waals surface area contributed by atoms with Gasteiger partial charge in [-0.05, 0) is 77.4 Å². The summed E-state index contributed by atoms with van der Waals surface area (Å²) in [6.45, 7) is 22.3. The van der Waals surface area contributed by atoms with Gasteiger partial charge in [-0.25, -0.2) is 8.42 Å². The van der Waals surface area contributed by atoms with Crippen molar-refractivity contribution in [2.45, 2.75) is 427 Å². The molecule has 0 saturated heterocycles. The first-order chi connectivity index (χ1) is 40.7. The van der Waals surface area contributed by atoms with Gasteiger partial charge in [0.1, 0.15) is 0 Å². The molecule has 2 N–H and O–H groups in total. The number of unbranched alkanes of at least 4 members (excludes halogenated alkanes) is 54. The normalized spacial score (nSPS) is 11.7. The van der Waals surface area contributed by atoms with Crippen molar-refractivity contribution in [2.24, 2.45) is 0 Å². The van der Waals surface area contributed by atoms with Crippen LogP contribution in [-0.4, -0.2) is 82.6 Å². The zero-order chi connectivity index (χ0) is 62.8. The largest absolute Gasteiger partial charge is 0.748 e. The summed E-state index contributed by atoms with van der Waals surface area (Å²) in [6.07, 6.45) is 88.8. The van der Waals surface area contributed by atoms with E-state index in [1.54, 1.807) is 0 Å². The van der Waals surface area contributed by atoms with E-state index in [4.69, 9.17) is 17.5 Å². The molecule has 0 spiro atoms. The molecular formula is C74H158N2O6S2. The van der Waals surface area contributed by atoms with Crippen molar-refractivity contribution >= 4 is 20.2 Å². The van der Waals surface area contributed by atoms with Gasteiger partial charge in [-0.1, -0.05) is 369 Å². The highest BCUT2D eigenvalue weighted by molar-refractivity contribution is 7.85. The highest BCUT2D eigenvalue weighted by Gasteiger charge is 2.09. The summed E-state index contributed by atoms with van der Waals surface area (Å²) in [5.41, 5.74) is 0. The molecular weight excluding hydrogens is 1080 g/mol. The van der Waals surface area contributed by atoms with Gasteiger partial charge in [0.05, 0.1) is 36.0 Å². The molecule has 0 aromatic rings. The molecule has 0 aliphatic carbocycles. The average molecular weight is 1240 g/mol. The van der Waals surface area contributed by atoms with Crippen LogP contribution in [0.25, 0.3) is 0 Å². The molecule has 0 saturated carbocycles. The minimum Gasteiger partial charge on any atom is -0.748 e. The third kappa shape index (κ3) is 104. The summed E-state index contributed by atoms with van der Waals surface area (Å²) < 4.78 is 53.1. The molecule has 0 aromatic heterocycles. The Morgan fingerprint density at radius 3 is 0.488 bits per heavy atom. The third-order valence-electron chi connectivity index (χ3n) is 17.1. The smallest absolute Gasteiger partial charge is 0.261 e. The van der Waals surface area contributed by atoms with Gasteiger partial charge < -0.3 is 14.4 Å². The molecule has 84 heavy (non-hydrogen) atoms. The van der Waals surface area contributed by atoms with E-state index in [9.17, 15) is 8.42 Å². The molecule has 0 aliphatic heterocycles. The van der Waals surface area contributed by atoms with E-state index in [2.05, 4.69) is 46.4 Å². The quantitative estimate of drug-likeness (QED) is 0.0460. The first kappa shape index (κ1) is 90.2. The summed E-state index contributed by atoms with van der Waals surface area (Å²) in [5.74, 6) is 0. The summed E-state index contributed by atoms with van der Waals surface area (Å²) in [7, 11) is -7.58. The molecule has 0 radical (unpaired) electrons. The van der Waals surface area contributed by atoms with Gasteiger partial charge in [-0.3, -0.25) is 4.55 Å². The van der Waals surface area contributed by atoms with Gasteiger partial charge in [-0.15, -0.1) is 0 Å². The van der Waals surface area contributed by atoms with Crippen molar-refractivity contribution in [3.05, 3.63) is 0 Å². The number of rotatable bonds is 66. The van der Waals surface area contributed by atoms with Gasteiger partial charge in [0.2, 0.25) is 0 Å². The number of nitrogens with one attached hydrogen (secondary N) is 1. The Morgan fingerprint density at radius 1 is 0.250 bits per heavy atom. The molecule has 0 bridgehead atoms. The molecule has 0 amide bonds. The van der Waals surface area contributed by atoms with Gasteiger partial charge >= 0.3 is 0 Å². The van der Waals surface area contributed by atoms with E-state index in [-0.39, 0.29) is 0 Å². The van der Waals surface area contributed by atoms with Gasteiger partial charge in [0, 0.05) is 6.26 Å². The Kier molecular flexibility index (Phi) is 84.6. The molecule has 0 fully saturated rings. The molecule has 0 atom stereocenters. The second kappa shape index (κ2) is 78.8. The maximum atomic E-state index is 9.19. The van der Waals surface area contributed by atoms with Crippen LogP contribution in [0.2, 0.25) is 0 Å². The Hall–Kier alpha value is -0.260. The van der Waals surface area contributed by atoms with Crippen molar-refractivity contribution in [2.75, 3.05) is 51.8 Å². The Morgan fingerprint density at radius 2 is 0.357 bits per heavy atom. The molecule has 10 heteroatoms. The first-order valence-electron chi connectivity index (χ1n) is 38.1. The van der Waals surface area contributed by atoms with Crippen molar-refractivity contribution in [3.8, 4) is 0 Å². The molecule has 0 aromatic carbocycles. The Bertz CT molecular complexity index is 1140.